The maximum atomic E-state index is 13.4. The van der Waals surface area contributed by atoms with Gasteiger partial charge >= 0.3 is 6.18 Å². The largest absolute Gasteiger partial charge is 0.451 e. The van der Waals surface area contributed by atoms with Gasteiger partial charge < -0.3 is 14.4 Å². The number of benzene rings is 1. The second-order valence-electron chi connectivity index (χ2n) is 9.41. The molecule has 0 radical (unpaired) electrons. The van der Waals surface area contributed by atoms with E-state index in [1.807, 2.05) is 13.0 Å². The Morgan fingerprint density at radius 3 is 2.61 bits per heavy atom. The fraction of sp³-hybridized carbons (Fsp3) is 0.458. The van der Waals surface area contributed by atoms with Crippen molar-refractivity contribution in [1.82, 2.24) is 24.6 Å². The van der Waals surface area contributed by atoms with Gasteiger partial charge in [0.05, 0.1) is 22.8 Å². The van der Waals surface area contributed by atoms with E-state index in [0.29, 0.717) is 35.6 Å². The molecule has 0 N–H and O–H groups in total. The Hall–Kier alpha value is -3.21. The Balaban J connectivity index is 1.32. The van der Waals surface area contributed by atoms with Gasteiger partial charge in [0, 0.05) is 49.2 Å². The SMILES string of the molecule is CC(=O)c1ccc2c(N3CCC(C(=O)N4CCn5c(nnc5C(F)(F)F)C4)C(C)C3)c(Cl)cnc2c1. The summed E-state index contributed by atoms with van der Waals surface area (Å²) in [4.78, 5) is 33.2. The minimum Gasteiger partial charge on any atom is -0.369 e. The van der Waals surface area contributed by atoms with Crippen molar-refractivity contribution in [3.63, 3.8) is 0 Å². The normalized spacial score (nSPS) is 20.5. The highest BCUT2D eigenvalue weighted by atomic mass is 35.5. The molecule has 3 aromatic rings. The summed E-state index contributed by atoms with van der Waals surface area (Å²) < 4.78 is 40.4. The molecule has 1 amide bonds. The Morgan fingerprint density at radius 2 is 1.92 bits per heavy atom. The number of carbonyl (C=O) groups excluding carboxylic acids is 2. The summed E-state index contributed by atoms with van der Waals surface area (Å²) in [7, 11) is 0. The van der Waals surface area contributed by atoms with Crippen LogP contribution in [0.2, 0.25) is 5.02 Å². The van der Waals surface area contributed by atoms with Crippen molar-refractivity contribution in [2.75, 3.05) is 24.5 Å². The first-order valence-electron chi connectivity index (χ1n) is 11.7. The minimum absolute atomic E-state index is 0.00809. The molecule has 2 aliphatic heterocycles. The number of aromatic nitrogens is 4. The lowest BCUT2D eigenvalue weighted by atomic mass is 9.85. The van der Waals surface area contributed by atoms with E-state index in [1.54, 1.807) is 23.2 Å². The summed E-state index contributed by atoms with van der Waals surface area (Å²) in [6.07, 6.45) is -2.43. The van der Waals surface area contributed by atoms with Crippen molar-refractivity contribution in [3.05, 3.63) is 46.6 Å². The zero-order valence-corrected chi connectivity index (χ0v) is 20.5. The predicted octanol–water partition coefficient (Wildman–Crippen LogP) is 4.21. The van der Waals surface area contributed by atoms with E-state index >= 15 is 0 Å². The molecule has 1 saturated heterocycles. The van der Waals surface area contributed by atoms with Crippen LogP contribution < -0.4 is 4.90 Å². The highest BCUT2D eigenvalue weighted by Gasteiger charge is 2.41. The van der Waals surface area contributed by atoms with Crippen molar-refractivity contribution in [2.45, 2.75) is 39.5 Å². The summed E-state index contributed by atoms with van der Waals surface area (Å²) in [5.74, 6) is -1.30. The molecule has 36 heavy (non-hydrogen) atoms. The quantitative estimate of drug-likeness (QED) is 0.481. The van der Waals surface area contributed by atoms with E-state index in [0.717, 1.165) is 15.6 Å². The molecule has 8 nitrogen and oxygen atoms in total. The molecule has 2 aliphatic rings. The topological polar surface area (TPSA) is 84.2 Å². The number of carbonyl (C=O) groups is 2. The van der Waals surface area contributed by atoms with Gasteiger partial charge in [-0.2, -0.15) is 13.2 Å². The lowest BCUT2D eigenvalue weighted by molar-refractivity contribution is -0.148. The molecule has 0 spiro atoms. The maximum absolute atomic E-state index is 13.4. The van der Waals surface area contributed by atoms with Gasteiger partial charge in [0.15, 0.2) is 11.6 Å². The zero-order chi connectivity index (χ0) is 25.8. The smallest absolute Gasteiger partial charge is 0.369 e. The molecule has 0 bridgehead atoms. The van der Waals surface area contributed by atoms with E-state index in [-0.39, 0.29) is 49.0 Å². The molecule has 0 aliphatic carbocycles. The zero-order valence-electron chi connectivity index (χ0n) is 19.7. The van der Waals surface area contributed by atoms with Gasteiger partial charge in [-0.15, -0.1) is 10.2 Å². The molecule has 5 rings (SSSR count). The Kier molecular flexibility index (Phi) is 6.14. The van der Waals surface area contributed by atoms with Crippen molar-refractivity contribution < 1.29 is 22.8 Å². The molecule has 1 aromatic carbocycles. The lowest BCUT2D eigenvalue weighted by Gasteiger charge is -2.40. The van der Waals surface area contributed by atoms with Gasteiger partial charge in [0.25, 0.3) is 0 Å². The first kappa shape index (κ1) is 24.5. The van der Waals surface area contributed by atoms with Gasteiger partial charge in [0.2, 0.25) is 11.7 Å². The third-order valence-electron chi connectivity index (χ3n) is 7.06. The molecule has 0 saturated carbocycles. The van der Waals surface area contributed by atoms with Gasteiger partial charge in [-0.05, 0) is 31.4 Å². The maximum Gasteiger partial charge on any atom is 0.451 e. The Bertz CT molecular complexity index is 1360. The van der Waals surface area contributed by atoms with E-state index in [9.17, 15) is 22.8 Å². The van der Waals surface area contributed by atoms with E-state index in [4.69, 9.17) is 11.6 Å². The molecule has 190 valence electrons. The second-order valence-corrected chi connectivity index (χ2v) is 9.82. The van der Waals surface area contributed by atoms with Crippen LogP contribution in [-0.4, -0.2) is 56.0 Å². The van der Waals surface area contributed by atoms with Gasteiger partial charge in [-0.3, -0.25) is 14.6 Å². The third-order valence-corrected chi connectivity index (χ3v) is 7.34. The van der Waals surface area contributed by atoms with Crippen LogP contribution in [-0.2, 0) is 24.1 Å². The summed E-state index contributed by atoms with van der Waals surface area (Å²) in [5, 5.41) is 8.29. The molecule has 12 heteroatoms. The van der Waals surface area contributed by atoms with Crippen LogP contribution in [0.15, 0.2) is 24.4 Å². The summed E-state index contributed by atoms with van der Waals surface area (Å²) in [6.45, 7) is 4.85. The number of alkyl halides is 3. The van der Waals surface area contributed by atoms with Crippen LogP contribution in [0, 0.1) is 11.8 Å². The number of pyridine rings is 1. The summed E-state index contributed by atoms with van der Waals surface area (Å²) >= 11 is 6.55. The number of nitrogens with zero attached hydrogens (tertiary/aromatic N) is 6. The molecule has 2 aromatic heterocycles. The molecule has 1 fully saturated rings. The van der Waals surface area contributed by atoms with Gasteiger partial charge in [-0.1, -0.05) is 24.6 Å². The number of hydrogen-bond donors (Lipinski definition) is 0. The van der Waals surface area contributed by atoms with Crippen molar-refractivity contribution in [3.8, 4) is 0 Å². The number of hydrogen-bond acceptors (Lipinski definition) is 6. The first-order valence-corrected chi connectivity index (χ1v) is 12.0. The lowest BCUT2D eigenvalue weighted by Crippen LogP contribution is -2.49. The molecule has 4 heterocycles. The number of amides is 1. The van der Waals surface area contributed by atoms with Crippen LogP contribution in [0.3, 0.4) is 0 Å². The standard InChI is InChI=1S/C24H24ClF3N6O2/c1-13-11-32(21-17-4-3-15(14(2)35)9-19(17)29-10-18(21)25)6-5-16(13)22(36)33-7-8-34-20(12-33)30-31-23(34)24(26,27)28/h3-4,9-10,13,16H,5-8,11-12H2,1-2H3. The predicted molar refractivity (Wildman–Crippen MR) is 127 cm³/mol. The van der Waals surface area contributed by atoms with Crippen LogP contribution >= 0.6 is 11.6 Å². The number of halogens is 4. The number of anilines is 1. The van der Waals surface area contributed by atoms with Crippen LogP contribution in [0.4, 0.5) is 18.9 Å². The van der Waals surface area contributed by atoms with E-state index in [2.05, 4.69) is 20.1 Å². The molecule has 2 atom stereocenters. The highest BCUT2D eigenvalue weighted by molar-refractivity contribution is 6.34. The van der Waals surface area contributed by atoms with E-state index in [1.165, 1.54) is 6.92 Å². The molecular weight excluding hydrogens is 497 g/mol. The second kappa shape index (κ2) is 9.02. The van der Waals surface area contributed by atoms with Crippen molar-refractivity contribution >= 4 is 39.9 Å². The van der Waals surface area contributed by atoms with Crippen molar-refractivity contribution in [2.24, 2.45) is 11.8 Å². The number of piperidine rings is 1. The van der Waals surface area contributed by atoms with Gasteiger partial charge in [0.1, 0.15) is 0 Å². The van der Waals surface area contributed by atoms with Crippen LogP contribution in [0.5, 0.6) is 0 Å². The summed E-state index contributed by atoms with van der Waals surface area (Å²) in [5.41, 5.74) is 2.06. The van der Waals surface area contributed by atoms with Crippen molar-refractivity contribution in [1.29, 1.82) is 0 Å². The fourth-order valence-corrected chi connectivity index (χ4v) is 5.47. The average Bonchev–Trinajstić information content (AvgIpc) is 3.27. The number of Topliss-reactive ketones (excluding diaryl/α,β-unsaturated/α-hetero) is 1. The molecular formula is C24H24ClF3N6O2. The first-order chi connectivity index (χ1) is 17.0. The van der Waals surface area contributed by atoms with Crippen LogP contribution in [0.25, 0.3) is 10.9 Å². The fourth-order valence-electron chi connectivity index (χ4n) is 5.20. The Morgan fingerprint density at radius 1 is 1.14 bits per heavy atom. The highest BCUT2D eigenvalue weighted by Crippen LogP contribution is 2.38. The number of fused-ring (bicyclic) bond motifs is 2. The minimum atomic E-state index is -4.58. The van der Waals surface area contributed by atoms with E-state index < -0.39 is 12.0 Å². The average molecular weight is 521 g/mol. The van der Waals surface area contributed by atoms with Crippen LogP contribution in [0.1, 0.15) is 42.3 Å². The number of rotatable bonds is 3. The Labute approximate surface area is 210 Å². The summed E-state index contributed by atoms with van der Waals surface area (Å²) in [6, 6.07) is 5.35. The number of ketones is 1. The molecule has 2 unspecified atom stereocenters. The monoisotopic (exact) mass is 520 g/mol. The van der Waals surface area contributed by atoms with Gasteiger partial charge in [-0.25, -0.2) is 0 Å². The third kappa shape index (κ3) is 4.29.